The van der Waals surface area contributed by atoms with Crippen molar-refractivity contribution in [2.45, 2.75) is 32.2 Å². The summed E-state index contributed by atoms with van der Waals surface area (Å²) in [5, 5.41) is 9.95. The standard InChI is InChI=1S/C26H26N4O2/c1-17-15-20(11-12-27-17)24-23(28-25(29-24)18-7-3-2-4-8-18)19-9-10-22(21(16-19)26(31)32)30-13-5-6-14-30/h2-4,7-12,16-17H,5-6,13-15H2,1H3,(H,28,29)(H,31,32). The molecule has 3 aromatic rings. The predicted molar refractivity (Wildman–Crippen MR) is 128 cm³/mol. The van der Waals surface area contributed by atoms with Crippen LogP contribution in [0.2, 0.25) is 0 Å². The fraction of sp³-hybridized carbons (Fsp3) is 0.269. The van der Waals surface area contributed by atoms with Gasteiger partial charge >= 0.3 is 5.97 Å². The van der Waals surface area contributed by atoms with Crippen molar-refractivity contribution in [2.24, 2.45) is 4.99 Å². The maximum atomic E-state index is 12.1. The molecular formula is C26H26N4O2. The minimum Gasteiger partial charge on any atom is -0.478 e. The van der Waals surface area contributed by atoms with Crippen LogP contribution in [0.4, 0.5) is 5.69 Å². The Kier molecular flexibility index (Phi) is 5.35. The molecule has 0 spiro atoms. The van der Waals surface area contributed by atoms with Crippen molar-refractivity contribution in [3.8, 4) is 22.6 Å². The zero-order chi connectivity index (χ0) is 22.1. The largest absolute Gasteiger partial charge is 0.478 e. The number of hydrogen-bond donors (Lipinski definition) is 2. The SMILES string of the molecule is CC1CC(c2nc(-c3ccccc3)[nH]c2-c2ccc(N3CCCC3)c(C(=O)O)c2)=CC=N1. The van der Waals surface area contributed by atoms with Crippen LogP contribution < -0.4 is 4.90 Å². The summed E-state index contributed by atoms with van der Waals surface area (Å²) in [6, 6.07) is 15.9. The molecule has 1 atom stereocenters. The molecule has 0 aliphatic carbocycles. The molecule has 2 N–H and O–H groups in total. The zero-order valence-electron chi connectivity index (χ0n) is 18.1. The number of H-pyrrole nitrogens is 1. The van der Waals surface area contributed by atoms with Crippen molar-refractivity contribution in [2.75, 3.05) is 18.0 Å². The first-order valence-corrected chi connectivity index (χ1v) is 11.1. The molecular weight excluding hydrogens is 400 g/mol. The van der Waals surface area contributed by atoms with Gasteiger partial charge in [-0.1, -0.05) is 36.4 Å². The number of dihydropyridines is 1. The average molecular weight is 427 g/mol. The topological polar surface area (TPSA) is 81.6 Å². The molecule has 2 aromatic carbocycles. The first-order valence-electron chi connectivity index (χ1n) is 11.1. The fourth-order valence-electron chi connectivity index (χ4n) is 4.54. The smallest absolute Gasteiger partial charge is 0.337 e. The number of carbonyl (C=O) groups is 1. The van der Waals surface area contributed by atoms with Gasteiger partial charge in [-0.2, -0.15) is 0 Å². The number of aromatic nitrogens is 2. The Labute approximate surface area is 187 Å². The average Bonchev–Trinajstić information content (AvgIpc) is 3.50. The number of anilines is 1. The molecule has 1 saturated heterocycles. The summed E-state index contributed by atoms with van der Waals surface area (Å²) in [7, 11) is 0. The molecule has 0 radical (unpaired) electrons. The summed E-state index contributed by atoms with van der Waals surface area (Å²) >= 11 is 0. The molecule has 2 aliphatic rings. The van der Waals surface area contributed by atoms with Crippen LogP contribution >= 0.6 is 0 Å². The molecule has 2 aliphatic heterocycles. The highest BCUT2D eigenvalue weighted by molar-refractivity contribution is 5.97. The Morgan fingerprint density at radius 1 is 1.09 bits per heavy atom. The van der Waals surface area contributed by atoms with E-state index in [1.54, 1.807) is 6.07 Å². The van der Waals surface area contributed by atoms with Gasteiger partial charge < -0.3 is 15.0 Å². The predicted octanol–water partition coefficient (Wildman–Crippen LogP) is 5.29. The minimum atomic E-state index is -0.907. The van der Waals surface area contributed by atoms with Gasteiger partial charge in [-0.05, 0) is 50.0 Å². The summed E-state index contributed by atoms with van der Waals surface area (Å²) in [6.45, 7) is 3.88. The summed E-state index contributed by atoms with van der Waals surface area (Å²) < 4.78 is 0. The number of aliphatic imine (C=N–C) groups is 1. The van der Waals surface area contributed by atoms with E-state index in [4.69, 9.17) is 4.98 Å². The summed E-state index contributed by atoms with van der Waals surface area (Å²) in [6.07, 6.45) is 6.83. The number of nitrogens with one attached hydrogen (secondary N) is 1. The van der Waals surface area contributed by atoms with Gasteiger partial charge in [0.2, 0.25) is 0 Å². The van der Waals surface area contributed by atoms with Crippen LogP contribution in [0.25, 0.3) is 28.2 Å². The molecule has 162 valence electrons. The summed E-state index contributed by atoms with van der Waals surface area (Å²) in [5.74, 6) is -0.136. The lowest BCUT2D eigenvalue weighted by Gasteiger charge is -2.20. The van der Waals surface area contributed by atoms with Crippen LogP contribution in [-0.4, -0.2) is 46.4 Å². The molecule has 1 aromatic heterocycles. The number of carboxylic acids is 1. The van der Waals surface area contributed by atoms with Gasteiger partial charge in [0.1, 0.15) is 5.82 Å². The quantitative estimate of drug-likeness (QED) is 0.581. The van der Waals surface area contributed by atoms with Crippen molar-refractivity contribution < 1.29 is 9.90 Å². The molecule has 1 unspecified atom stereocenters. The second-order valence-electron chi connectivity index (χ2n) is 8.45. The molecule has 6 nitrogen and oxygen atoms in total. The van der Waals surface area contributed by atoms with Gasteiger partial charge in [-0.3, -0.25) is 4.99 Å². The molecule has 0 saturated carbocycles. The van der Waals surface area contributed by atoms with Gasteiger partial charge in [0.15, 0.2) is 0 Å². The Bertz CT molecular complexity index is 1200. The molecule has 6 heteroatoms. The molecule has 32 heavy (non-hydrogen) atoms. The highest BCUT2D eigenvalue weighted by atomic mass is 16.4. The monoisotopic (exact) mass is 426 g/mol. The number of carboxylic acid groups (broad SMARTS) is 1. The van der Waals surface area contributed by atoms with Crippen LogP contribution in [0.3, 0.4) is 0 Å². The van der Waals surface area contributed by atoms with E-state index >= 15 is 0 Å². The summed E-state index contributed by atoms with van der Waals surface area (Å²) in [4.78, 5) is 27.2. The zero-order valence-corrected chi connectivity index (χ0v) is 18.1. The van der Waals surface area contributed by atoms with E-state index in [1.807, 2.05) is 54.8 Å². The highest BCUT2D eigenvalue weighted by Crippen LogP contribution is 2.36. The Hall–Kier alpha value is -3.67. The lowest BCUT2D eigenvalue weighted by atomic mass is 9.97. The van der Waals surface area contributed by atoms with E-state index in [-0.39, 0.29) is 6.04 Å². The molecule has 5 rings (SSSR count). The van der Waals surface area contributed by atoms with Crippen LogP contribution in [0.15, 0.2) is 59.6 Å². The third kappa shape index (κ3) is 3.84. The van der Waals surface area contributed by atoms with Crippen molar-refractivity contribution in [3.05, 3.63) is 65.9 Å². The number of nitrogens with zero attached hydrogens (tertiary/aromatic N) is 3. The van der Waals surface area contributed by atoms with Gasteiger partial charge in [-0.25, -0.2) is 9.78 Å². The first kappa shape index (κ1) is 20.2. The summed E-state index contributed by atoms with van der Waals surface area (Å²) in [5.41, 5.74) is 5.73. The molecule has 3 heterocycles. The molecule has 1 fully saturated rings. The number of aromatic amines is 1. The van der Waals surface area contributed by atoms with Gasteiger partial charge in [0, 0.05) is 30.4 Å². The van der Waals surface area contributed by atoms with E-state index in [2.05, 4.69) is 21.8 Å². The third-order valence-electron chi connectivity index (χ3n) is 6.15. The van der Waals surface area contributed by atoms with E-state index in [1.165, 1.54) is 0 Å². The van der Waals surface area contributed by atoms with Crippen LogP contribution in [0, 0.1) is 0 Å². The molecule has 0 bridgehead atoms. The number of allylic oxidation sites excluding steroid dienone is 1. The van der Waals surface area contributed by atoms with E-state index in [0.717, 1.165) is 72.0 Å². The van der Waals surface area contributed by atoms with Crippen molar-refractivity contribution >= 4 is 23.4 Å². The van der Waals surface area contributed by atoms with Crippen LogP contribution in [0.5, 0.6) is 0 Å². The number of imidazole rings is 1. The van der Waals surface area contributed by atoms with Crippen LogP contribution in [-0.2, 0) is 0 Å². The van der Waals surface area contributed by atoms with Crippen molar-refractivity contribution in [1.82, 2.24) is 9.97 Å². The number of benzene rings is 2. The highest BCUT2D eigenvalue weighted by Gasteiger charge is 2.23. The van der Waals surface area contributed by atoms with E-state index in [9.17, 15) is 9.90 Å². The number of rotatable bonds is 5. The maximum absolute atomic E-state index is 12.1. The van der Waals surface area contributed by atoms with E-state index in [0.29, 0.717) is 5.56 Å². The minimum absolute atomic E-state index is 0.187. The Morgan fingerprint density at radius 2 is 1.88 bits per heavy atom. The van der Waals surface area contributed by atoms with Gasteiger partial charge in [0.05, 0.1) is 28.7 Å². The Morgan fingerprint density at radius 3 is 2.59 bits per heavy atom. The maximum Gasteiger partial charge on any atom is 0.337 e. The second-order valence-corrected chi connectivity index (χ2v) is 8.45. The van der Waals surface area contributed by atoms with Gasteiger partial charge in [-0.15, -0.1) is 0 Å². The molecule has 0 amide bonds. The van der Waals surface area contributed by atoms with E-state index < -0.39 is 5.97 Å². The Balaban J connectivity index is 1.64. The van der Waals surface area contributed by atoms with Crippen LogP contribution in [0.1, 0.15) is 42.2 Å². The first-order chi connectivity index (χ1) is 15.6. The number of aromatic carboxylic acids is 1. The van der Waals surface area contributed by atoms with Crippen molar-refractivity contribution in [1.29, 1.82) is 0 Å². The lowest BCUT2D eigenvalue weighted by molar-refractivity contribution is 0.0697. The van der Waals surface area contributed by atoms with Gasteiger partial charge in [0.25, 0.3) is 0 Å². The van der Waals surface area contributed by atoms with Crippen molar-refractivity contribution in [3.63, 3.8) is 0 Å². The second kappa shape index (κ2) is 8.46. The fourth-order valence-corrected chi connectivity index (χ4v) is 4.54. The third-order valence-corrected chi connectivity index (χ3v) is 6.15. The lowest BCUT2D eigenvalue weighted by Crippen LogP contribution is -2.20. The normalized spacial score (nSPS) is 18.1. The number of hydrogen-bond acceptors (Lipinski definition) is 4.